The van der Waals surface area contributed by atoms with Crippen molar-refractivity contribution < 1.29 is 17.8 Å². The van der Waals surface area contributed by atoms with Crippen molar-refractivity contribution in [3.63, 3.8) is 0 Å². The smallest absolute Gasteiger partial charge is 0.261 e. The lowest BCUT2D eigenvalue weighted by atomic mass is 10.2. The second-order valence-electron chi connectivity index (χ2n) is 3.24. The number of hydrogen-bond acceptors (Lipinski definition) is 5. The second-order valence-corrected chi connectivity index (χ2v) is 5.65. The molecule has 0 aliphatic rings. The standard InChI is InChI=1S/C9H13NOS.CH4O3S/c1-2-10-6-5-8(11)9-4-3-7-12-9;1-5(2,3)4/h3-4,7,10H,2,5-6H2,1H3;1H3,(H,2,3,4). The Morgan fingerprint density at radius 1 is 1.53 bits per heavy atom. The molecule has 2 N–H and O–H groups in total. The first-order valence-electron chi connectivity index (χ1n) is 5.04. The van der Waals surface area contributed by atoms with Gasteiger partial charge in [-0.2, -0.15) is 8.42 Å². The van der Waals surface area contributed by atoms with Gasteiger partial charge in [0, 0.05) is 13.0 Å². The highest BCUT2D eigenvalue weighted by Crippen LogP contribution is 2.10. The average Bonchev–Trinajstić information content (AvgIpc) is 2.68. The van der Waals surface area contributed by atoms with Crippen LogP contribution < -0.4 is 5.32 Å². The van der Waals surface area contributed by atoms with E-state index >= 15 is 0 Å². The molecule has 1 aromatic heterocycles. The third kappa shape index (κ3) is 11.5. The normalized spacial score (nSPS) is 10.5. The van der Waals surface area contributed by atoms with Gasteiger partial charge < -0.3 is 5.32 Å². The van der Waals surface area contributed by atoms with E-state index in [0.717, 1.165) is 18.0 Å². The predicted octanol–water partition coefficient (Wildman–Crippen LogP) is 1.43. The molecule has 1 rings (SSSR count). The maximum absolute atomic E-state index is 11.4. The summed E-state index contributed by atoms with van der Waals surface area (Å²) in [6.07, 6.45) is 1.32. The van der Waals surface area contributed by atoms with Crippen molar-refractivity contribution in [3.8, 4) is 0 Å². The molecule has 0 unspecified atom stereocenters. The van der Waals surface area contributed by atoms with E-state index in [9.17, 15) is 13.2 Å². The van der Waals surface area contributed by atoms with Crippen molar-refractivity contribution >= 4 is 27.2 Å². The lowest BCUT2D eigenvalue weighted by Gasteiger charge is -1.98. The number of ketones is 1. The molecule has 0 bridgehead atoms. The van der Waals surface area contributed by atoms with Crippen molar-refractivity contribution in [3.05, 3.63) is 22.4 Å². The molecule has 1 aromatic rings. The summed E-state index contributed by atoms with van der Waals surface area (Å²) in [6.45, 7) is 3.75. The number of carbonyl (C=O) groups is 1. The summed E-state index contributed by atoms with van der Waals surface area (Å²) in [5, 5.41) is 5.06. The van der Waals surface area contributed by atoms with Crippen molar-refractivity contribution in [2.24, 2.45) is 0 Å². The largest absolute Gasteiger partial charge is 0.317 e. The number of carbonyl (C=O) groups excluding carboxylic acids is 1. The van der Waals surface area contributed by atoms with E-state index < -0.39 is 10.1 Å². The monoisotopic (exact) mass is 279 g/mol. The Hall–Kier alpha value is -0.760. The van der Waals surface area contributed by atoms with Crippen LogP contribution in [0, 0.1) is 0 Å². The third-order valence-corrected chi connectivity index (χ3v) is 2.49. The van der Waals surface area contributed by atoms with Crippen LogP contribution in [-0.2, 0) is 10.1 Å². The van der Waals surface area contributed by atoms with E-state index in [-0.39, 0.29) is 5.78 Å². The summed E-state index contributed by atoms with van der Waals surface area (Å²) >= 11 is 1.51. The van der Waals surface area contributed by atoms with Gasteiger partial charge in [0.1, 0.15) is 0 Å². The van der Waals surface area contributed by atoms with Crippen LogP contribution in [0.4, 0.5) is 0 Å². The zero-order valence-corrected chi connectivity index (χ0v) is 11.5. The molecule has 0 fully saturated rings. The number of thiophene rings is 1. The molecule has 0 aromatic carbocycles. The highest BCUT2D eigenvalue weighted by atomic mass is 32.2. The topological polar surface area (TPSA) is 83.5 Å². The molecule has 0 saturated heterocycles. The fourth-order valence-corrected chi connectivity index (χ4v) is 1.63. The summed E-state index contributed by atoms with van der Waals surface area (Å²) in [7, 11) is -3.67. The molecule has 0 aliphatic heterocycles. The van der Waals surface area contributed by atoms with Crippen molar-refractivity contribution in [2.45, 2.75) is 13.3 Å². The van der Waals surface area contributed by atoms with Crippen LogP contribution >= 0.6 is 11.3 Å². The van der Waals surface area contributed by atoms with Gasteiger partial charge in [-0.05, 0) is 18.0 Å². The van der Waals surface area contributed by atoms with Gasteiger partial charge in [-0.25, -0.2) is 0 Å². The molecule has 0 radical (unpaired) electrons. The Morgan fingerprint density at radius 2 is 2.12 bits per heavy atom. The van der Waals surface area contributed by atoms with Crippen LogP contribution in [0.3, 0.4) is 0 Å². The van der Waals surface area contributed by atoms with Crippen LogP contribution in [0.1, 0.15) is 23.0 Å². The van der Waals surface area contributed by atoms with Crippen molar-refractivity contribution in [1.29, 1.82) is 0 Å². The van der Waals surface area contributed by atoms with E-state index in [1.54, 1.807) is 0 Å². The first-order chi connectivity index (χ1) is 7.84. The lowest BCUT2D eigenvalue weighted by Crippen LogP contribution is -2.17. The number of rotatable bonds is 5. The summed E-state index contributed by atoms with van der Waals surface area (Å²) in [6, 6.07) is 3.78. The average molecular weight is 279 g/mol. The van der Waals surface area contributed by atoms with Gasteiger partial charge in [0.2, 0.25) is 0 Å². The molecule has 98 valence electrons. The fourth-order valence-electron chi connectivity index (χ4n) is 0.939. The summed E-state index contributed by atoms with van der Waals surface area (Å²) in [5.41, 5.74) is 0. The Labute approximate surface area is 106 Å². The van der Waals surface area contributed by atoms with Gasteiger partial charge >= 0.3 is 0 Å². The molecule has 5 nitrogen and oxygen atoms in total. The molecule has 17 heavy (non-hydrogen) atoms. The van der Waals surface area contributed by atoms with Crippen molar-refractivity contribution in [1.82, 2.24) is 5.32 Å². The molecule has 0 aliphatic carbocycles. The minimum absolute atomic E-state index is 0.242. The number of nitrogens with one attached hydrogen (secondary N) is 1. The van der Waals surface area contributed by atoms with Gasteiger partial charge in [0.15, 0.2) is 5.78 Å². The summed E-state index contributed by atoms with van der Waals surface area (Å²) in [4.78, 5) is 12.2. The van der Waals surface area contributed by atoms with Crippen molar-refractivity contribution in [2.75, 3.05) is 19.3 Å². The van der Waals surface area contributed by atoms with Gasteiger partial charge in [-0.3, -0.25) is 9.35 Å². The Bertz CT molecular complexity index is 404. The molecule has 0 amide bonds. The molecular formula is C10H17NO4S2. The van der Waals surface area contributed by atoms with Gasteiger partial charge in [-0.15, -0.1) is 11.3 Å². The maximum atomic E-state index is 11.4. The minimum Gasteiger partial charge on any atom is -0.317 e. The molecule has 7 heteroatoms. The first-order valence-corrected chi connectivity index (χ1v) is 7.77. The van der Waals surface area contributed by atoms with E-state index in [4.69, 9.17) is 4.55 Å². The lowest BCUT2D eigenvalue weighted by molar-refractivity contribution is 0.0986. The van der Waals surface area contributed by atoms with Gasteiger partial charge in [0.05, 0.1) is 11.1 Å². The van der Waals surface area contributed by atoms with E-state index in [1.165, 1.54) is 11.3 Å². The molecular weight excluding hydrogens is 262 g/mol. The van der Waals surface area contributed by atoms with Crippen LogP contribution in [-0.4, -0.2) is 38.1 Å². The Balaban J connectivity index is 0.000000437. The first kappa shape index (κ1) is 16.2. The predicted molar refractivity (Wildman–Crippen MR) is 69.3 cm³/mol. The van der Waals surface area contributed by atoms with Crippen LogP contribution in [0.2, 0.25) is 0 Å². The van der Waals surface area contributed by atoms with Gasteiger partial charge in [-0.1, -0.05) is 13.0 Å². The SMILES string of the molecule is CCNCCC(=O)c1cccs1.CS(=O)(=O)O. The zero-order chi connectivity index (χ0) is 13.3. The Morgan fingerprint density at radius 3 is 2.53 bits per heavy atom. The van der Waals surface area contributed by atoms with E-state index in [2.05, 4.69) is 5.32 Å². The minimum atomic E-state index is -3.67. The van der Waals surface area contributed by atoms with Gasteiger partial charge in [0.25, 0.3) is 10.1 Å². The second kappa shape index (κ2) is 8.35. The quantitative estimate of drug-likeness (QED) is 0.484. The Kier molecular flexibility index (Phi) is 7.98. The van der Waals surface area contributed by atoms with Crippen LogP contribution in [0.15, 0.2) is 17.5 Å². The molecule has 0 spiro atoms. The highest BCUT2D eigenvalue weighted by Gasteiger charge is 2.04. The molecule has 0 saturated carbocycles. The number of Topliss-reactive ketones (excluding diaryl/α,β-unsaturated/α-hetero) is 1. The molecule has 0 atom stereocenters. The van der Waals surface area contributed by atoms with Crippen LogP contribution in [0.25, 0.3) is 0 Å². The fraction of sp³-hybridized carbons (Fsp3) is 0.500. The summed E-state index contributed by atoms with van der Waals surface area (Å²) < 4.78 is 25.9. The van der Waals surface area contributed by atoms with E-state index in [1.807, 2.05) is 24.4 Å². The maximum Gasteiger partial charge on any atom is 0.261 e. The van der Waals surface area contributed by atoms with E-state index in [0.29, 0.717) is 12.7 Å². The highest BCUT2D eigenvalue weighted by molar-refractivity contribution is 7.85. The molecule has 1 heterocycles. The third-order valence-electron chi connectivity index (χ3n) is 1.57. The zero-order valence-electron chi connectivity index (χ0n) is 9.84. The van der Waals surface area contributed by atoms with Crippen LogP contribution in [0.5, 0.6) is 0 Å². The number of hydrogen-bond donors (Lipinski definition) is 2. The summed E-state index contributed by atoms with van der Waals surface area (Å²) in [5.74, 6) is 0.242.